The number of carbonyl (C=O) groups is 2. The lowest BCUT2D eigenvalue weighted by Gasteiger charge is -2.19. The Morgan fingerprint density at radius 3 is 1.59 bits per heavy atom. The molecule has 0 radical (unpaired) electrons. The van der Waals surface area contributed by atoms with Crippen molar-refractivity contribution in [3.8, 4) is 22.5 Å². The van der Waals surface area contributed by atoms with Crippen molar-refractivity contribution in [2.45, 2.75) is 65.0 Å². The molecule has 0 fully saturated rings. The van der Waals surface area contributed by atoms with Crippen molar-refractivity contribution >= 4 is 63.7 Å². The molecule has 2 atom stereocenters. The van der Waals surface area contributed by atoms with Crippen molar-refractivity contribution in [3.05, 3.63) is 87.6 Å². The number of aromatic nitrogens is 6. The lowest BCUT2D eigenvalue weighted by molar-refractivity contribution is -0.143. The highest BCUT2D eigenvalue weighted by Crippen LogP contribution is 2.32. The van der Waals surface area contributed by atoms with Crippen LogP contribution in [0, 0.1) is 13.8 Å². The largest absolute Gasteiger partial charge is 0.408 e. The normalized spacial score (nSPS) is 14.7. The van der Waals surface area contributed by atoms with Gasteiger partial charge >= 0.3 is 12.4 Å². The predicted octanol–water partition coefficient (Wildman–Crippen LogP) is 7.77. The number of anilines is 1. The fourth-order valence-corrected chi connectivity index (χ4v) is 6.17. The molecule has 0 bridgehead atoms. The van der Waals surface area contributed by atoms with E-state index in [9.17, 15) is 35.9 Å². The number of H-pyrrole nitrogens is 2. The molecule has 0 unspecified atom stereocenters. The maximum absolute atomic E-state index is 12.9. The molecule has 308 valence electrons. The van der Waals surface area contributed by atoms with Crippen molar-refractivity contribution < 1.29 is 35.9 Å². The number of benzene rings is 2. The molecule has 8 rings (SSSR count). The van der Waals surface area contributed by atoms with Crippen molar-refractivity contribution in [1.29, 1.82) is 0 Å². The zero-order chi connectivity index (χ0) is 41.4. The van der Waals surface area contributed by atoms with Crippen LogP contribution in [0.5, 0.6) is 0 Å². The van der Waals surface area contributed by atoms with Crippen LogP contribution < -0.4 is 21.7 Å². The van der Waals surface area contributed by atoms with Gasteiger partial charge < -0.3 is 31.7 Å². The summed E-state index contributed by atoms with van der Waals surface area (Å²) in [4.78, 5) is 48.3. The predicted molar refractivity (Wildman–Crippen MR) is 211 cm³/mol. The van der Waals surface area contributed by atoms with E-state index >= 15 is 0 Å². The number of halogens is 8. The van der Waals surface area contributed by atoms with Crippen LogP contribution in [-0.4, -0.2) is 79.2 Å². The van der Waals surface area contributed by atoms with Gasteiger partial charge in [0.05, 0.1) is 45.1 Å². The highest BCUT2D eigenvalue weighted by atomic mass is 35.5. The molecule has 12 nitrogen and oxygen atoms in total. The molecule has 6 heterocycles. The second-order valence-electron chi connectivity index (χ2n) is 13.5. The molecule has 2 aliphatic rings. The van der Waals surface area contributed by atoms with E-state index in [1.807, 2.05) is 31.2 Å². The molecule has 58 heavy (non-hydrogen) atoms. The van der Waals surface area contributed by atoms with Gasteiger partial charge in [-0.3, -0.25) is 9.59 Å². The Hall–Kier alpha value is -5.46. The third kappa shape index (κ3) is 9.45. The van der Waals surface area contributed by atoms with Gasteiger partial charge in [-0.1, -0.05) is 35.9 Å². The Kier molecular flexibility index (Phi) is 12.9. The summed E-state index contributed by atoms with van der Waals surface area (Å²) in [6, 6.07) is 11.3. The molecule has 7 N–H and O–H groups in total. The standard InChI is InChI=1S/C19H18F3N5O.C16H13ClN4O.C3H6F3N.ClH/c1-9-17(25-10(2)19(20,21)22)27-16-11(4-3-5-14(16)24-9)15-8-12-13(26-15)6-7-23-18(12)28;1-8-15(17)21-14-9(3-2-4-12(14)19-8)13-7-10-11(20-13)5-6-18-16(10)22;1-2(7)3(4,5)6;/h3-5,8,10,26H,6-7H2,1-2H3,(H,23,28)(H,25,27);2-4,7,20H,5-6H2,1H3,(H,18,22);2H,7H2,1H3;1H/t10-;;2-;/m0.0./s1. The Morgan fingerprint density at radius 2 is 1.16 bits per heavy atom. The van der Waals surface area contributed by atoms with Gasteiger partial charge in [0.2, 0.25) is 0 Å². The number of nitrogens with two attached hydrogens (primary N) is 1. The van der Waals surface area contributed by atoms with Crippen molar-refractivity contribution in [1.82, 2.24) is 40.5 Å². The van der Waals surface area contributed by atoms with Crippen LogP contribution in [0.4, 0.5) is 32.2 Å². The number of hydrogen-bond donors (Lipinski definition) is 6. The number of nitrogens with one attached hydrogen (secondary N) is 5. The van der Waals surface area contributed by atoms with Crippen LogP contribution in [0.2, 0.25) is 5.15 Å². The number of fused-ring (bicyclic) bond motifs is 4. The number of rotatable bonds is 4. The molecule has 2 aliphatic heterocycles. The molecular formula is C38H38Cl2F6N10O2. The zero-order valence-corrected chi connectivity index (χ0v) is 32.9. The number of nitrogens with zero attached hydrogens (tertiary/aromatic N) is 4. The topological polar surface area (TPSA) is 179 Å². The van der Waals surface area contributed by atoms with E-state index in [-0.39, 0.29) is 30.0 Å². The van der Waals surface area contributed by atoms with Gasteiger partial charge in [-0.2, -0.15) is 26.3 Å². The molecule has 4 aromatic heterocycles. The molecule has 0 saturated heterocycles. The summed E-state index contributed by atoms with van der Waals surface area (Å²) in [5.74, 6) is -0.102. The lowest BCUT2D eigenvalue weighted by Crippen LogP contribution is -2.33. The fourth-order valence-electron chi connectivity index (χ4n) is 6.05. The van der Waals surface area contributed by atoms with Crippen molar-refractivity contribution in [3.63, 3.8) is 0 Å². The molecule has 6 aromatic rings. The second-order valence-corrected chi connectivity index (χ2v) is 13.9. The molecule has 0 aliphatic carbocycles. The first-order chi connectivity index (χ1) is 26.8. The quantitative estimate of drug-likeness (QED) is 0.0974. The van der Waals surface area contributed by atoms with Gasteiger partial charge in [0.1, 0.15) is 17.4 Å². The highest BCUT2D eigenvalue weighted by Gasteiger charge is 2.36. The minimum atomic E-state index is -4.39. The van der Waals surface area contributed by atoms with Crippen LogP contribution >= 0.6 is 24.0 Å². The number of carbonyl (C=O) groups excluding carboxylic acids is 2. The first-order valence-corrected chi connectivity index (χ1v) is 18.1. The Bertz CT molecular complexity index is 2480. The maximum atomic E-state index is 12.9. The summed E-state index contributed by atoms with van der Waals surface area (Å²) >= 11 is 6.12. The van der Waals surface area contributed by atoms with Crippen LogP contribution in [0.15, 0.2) is 48.5 Å². The number of amides is 2. The van der Waals surface area contributed by atoms with E-state index < -0.39 is 24.4 Å². The first-order valence-electron chi connectivity index (χ1n) is 17.7. The molecular weight excluding hydrogens is 813 g/mol. The van der Waals surface area contributed by atoms with Crippen LogP contribution in [0.25, 0.3) is 44.6 Å². The maximum Gasteiger partial charge on any atom is 0.408 e. The molecule has 0 saturated carbocycles. The van der Waals surface area contributed by atoms with Gasteiger partial charge in [-0.25, -0.2) is 19.9 Å². The monoisotopic (exact) mass is 850 g/mol. The molecule has 2 aromatic carbocycles. The third-order valence-electron chi connectivity index (χ3n) is 9.23. The lowest BCUT2D eigenvalue weighted by atomic mass is 10.1. The van der Waals surface area contributed by atoms with Gasteiger partial charge in [-0.05, 0) is 52.0 Å². The van der Waals surface area contributed by atoms with E-state index in [0.29, 0.717) is 69.5 Å². The summed E-state index contributed by atoms with van der Waals surface area (Å²) in [5, 5.41) is 8.44. The Balaban J connectivity index is 0.000000191. The summed E-state index contributed by atoms with van der Waals surface area (Å²) < 4.78 is 72.0. The third-order valence-corrected chi connectivity index (χ3v) is 9.59. The molecule has 0 spiro atoms. The highest BCUT2D eigenvalue weighted by molar-refractivity contribution is 6.30. The average Bonchev–Trinajstić information content (AvgIpc) is 3.78. The van der Waals surface area contributed by atoms with Gasteiger partial charge in [0.25, 0.3) is 11.8 Å². The molecule has 20 heteroatoms. The summed E-state index contributed by atoms with van der Waals surface area (Å²) in [5.41, 5.74) is 14.3. The van der Waals surface area contributed by atoms with Crippen LogP contribution in [0.1, 0.15) is 57.3 Å². The summed E-state index contributed by atoms with van der Waals surface area (Å²) in [6.07, 6.45) is -7.13. The van der Waals surface area contributed by atoms with Crippen molar-refractivity contribution in [2.75, 3.05) is 18.4 Å². The van der Waals surface area contributed by atoms with Gasteiger partial charge in [0.15, 0.2) is 5.15 Å². The number of para-hydroxylation sites is 2. The minimum Gasteiger partial charge on any atom is -0.358 e. The second kappa shape index (κ2) is 17.2. The van der Waals surface area contributed by atoms with Gasteiger partial charge in [-0.15, -0.1) is 12.4 Å². The van der Waals surface area contributed by atoms with E-state index in [1.54, 1.807) is 31.2 Å². The van der Waals surface area contributed by atoms with Gasteiger partial charge in [0, 0.05) is 59.8 Å². The number of aryl methyl sites for hydroxylation is 2. The summed E-state index contributed by atoms with van der Waals surface area (Å²) in [7, 11) is 0. The summed E-state index contributed by atoms with van der Waals surface area (Å²) in [6.45, 7) is 6.60. The zero-order valence-electron chi connectivity index (χ0n) is 31.3. The number of aromatic amines is 2. The SMILES string of the molecule is C[C@H](N)C(F)(F)F.Cc1nc2cccc(-c3cc4c([nH]3)CCNC4=O)c2nc1Cl.Cc1nc2cccc(-c3cc4c([nH]3)CCNC4=O)c2nc1N[C@@H](C)C(F)(F)F.Cl. The smallest absolute Gasteiger partial charge is 0.358 e. The average molecular weight is 852 g/mol. The fraction of sp³-hybridized carbons (Fsp3) is 0.316. The molecule has 2 amide bonds. The van der Waals surface area contributed by atoms with Crippen LogP contribution in [-0.2, 0) is 12.8 Å². The first kappa shape index (κ1) is 43.7. The van der Waals surface area contributed by atoms with Crippen molar-refractivity contribution in [2.24, 2.45) is 5.73 Å². The van der Waals surface area contributed by atoms with E-state index in [0.717, 1.165) is 53.9 Å². The van der Waals surface area contributed by atoms with E-state index in [1.165, 1.54) is 0 Å². The number of alkyl halides is 6. The minimum absolute atomic E-state index is 0. The van der Waals surface area contributed by atoms with E-state index in [4.69, 9.17) is 11.6 Å². The Labute approximate surface area is 338 Å². The number of hydrogen-bond acceptors (Lipinski definition) is 8. The Morgan fingerprint density at radius 1 is 0.707 bits per heavy atom. The van der Waals surface area contributed by atoms with E-state index in [2.05, 4.69) is 51.6 Å². The van der Waals surface area contributed by atoms with Crippen LogP contribution in [0.3, 0.4) is 0 Å².